The zero-order valence-corrected chi connectivity index (χ0v) is 17.7. The Bertz CT molecular complexity index is 1280. The van der Waals surface area contributed by atoms with E-state index in [0.29, 0.717) is 0 Å². The van der Waals surface area contributed by atoms with Gasteiger partial charge in [-0.2, -0.15) is 0 Å². The quantitative estimate of drug-likeness (QED) is 0.286. The number of anilines is 3. The predicted molar refractivity (Wildman–Crippen MR) is 133 cm³/mol. The molecule has 0 heterocycles. The van der Waals surface area contributed by atoms with Crippen molar-refractivity contribution in [3.8, 4) is 11.1 Å². The molecule has 0 bridgehead atoms. The van der Waals surface area contributed by atoms with E-state index in [-0.39, 0.29) is 0 Å². The van der Waals surface area contributed by atoms with Gasteiger partial charge in [0.2, 0.25) is 0 Å². The summed E-state index contributed by atoms with van der Waals surface area (Å²) in [6.07, 6.45) is 1.07. The van der Waals surface area contributed by atoms with Crippen molar-refractivity contribution in [3.63, 3.8) is 0 Å². The van der Waals surface area contributed by atoms with Crippen LogP contribution in [0.5, 0.6) is 0 Å². The second-order valence-corrected chi connectivity index (χ2v) is 7.77. The van der Waals surface area contributed by atoms with Gasteiger partial charge in [0.05, 0.1) is 5.69 Å². The van der Waals surface area contributed by atoms with Gasteiger partial charge in [0, 0.05) is 16.8 Å². The van der Waals surface area contributed by atoms with E-state index in [1.807, 2.05) is 0 Å². The molecule has 0 atom stereocenters. The summed E-state index contributed by atoms with van der Waals surface area (Å²) >= 11 is 0. The first kappa shape index (κ1) is 19.1. The van der Waals surface area contributed by atoms with Crippen LogP contribution in [0.15, 0.2) is 121 Å². The zero-order valence-electron chi connectivity index (χ0n) is 17.7. The van der Waals surface area contributed by atoms with E-state index in [0.717, 1.165) is 17.8 Å². The molecule has 0 radical (unpaired) electrons. The Morgan fingerprint density at radius 1 is 0.516 bits per heavy atom. The molecule has 1 heteroatoms. The lowest BCUT2D eigenvalue weighted by atomic mass is 10.0. The van der Waals surface area contributed by atoms with Crippen molar-refractivity contribution in [3.05, 3.63) is 127 Å². The van der Waals surface area contributed by atoms with Crippen LogP contribution in [0.25, 0.3) is 21.9 Å². The molecule has 1 nitrogen and oxygen atoms in total. The maximum absolute atomic E-state index is 2.34. The Morgan fingerprint density at radius 3 is 1.81 bits per heavy atom. The van der Waals surface area contributed by atoms with Crippen molar-refractivity contribution >= 4 is 27.8 Å². The highest BCUT2D eigenvalue weighted by atomic mass is 15.1. The molecule has 31 heavy (non-hydrogen) atoms. The summed E-state index contributed by atoms with van der Waals surface area (Å²) in [4.78, 5) is 2.34. The van der Waals surface area contributed by atoms with Crippen LogP contribution in [0.3, 0.4) is 0 Å². The van der Waals surface area contributed by atoms with Crippen LogP contribution >= 0.6 is 0 Å². The smallest absolute Gasteiger partial charge is 0.0540 e. The number of nitrogens with zero attached hydrogens (tertiary/aromatic N) is 1. The van der Waals surface area contributed by atoms with Gasteiger partial charge in [-0.1, -0.05) is 97.9 Å². The molecule has 0 spiro atoms. The molecule has 0 saturated heterocycles. The Morgan fingerprint density at radius 2 is 1.10 bits per heavy atom. The monoisotopic (exact) mass is 399 g/mol. The zero-order chi connectivity index (χ0) is 21.0. The molecule has 0 fully saturated rings. The highest BCUT2D eigenvalue weighted by Crippen LogP contribution is 2.39. The fourth-order valence-electron chi connectivity index (χ4n) is 4.14. The summed E-state index contributed by atoms with van der Waals surface area (Å²) in [6, 6.07) is 43.4. The van der Waals surface area contributed by atoms with Gasteiger partial charge in [0.1, 0.15) is 0 Å². The Labute approximate surface area is 184 Å². The maximum atomic E-state index is 2.34. The first-order chi connectivity index (χ1) is 15.3. The fourth-order valence-corrected chi connectivity index (χ4v) is 4.14. The summed E-state index contributed by atoms with van der Waals surface area (Å²) in [6.45, 7) is 2.19. The molecule has 0 unspecified atom stereocenters. The van der Waals surface area contributed by atoms with Gasteiger partial charge in [-0.3, -0.25) is 0 Å². The molecule has 0 aliphatic rings. The number of hydrogen-bond acceptors (Lipinski definition) is 1. The minimum Gasteiger partial charge on any atom is -0.310 e. The van der Waals surface area contributed by atoms with Gasteiger partial charge >= 0.3 is 0 Å². The van der Waals surface area contributed by atoms with E-state index in [9.17, 15) is 0 Å². The van der Waals surface area contributed by atoms with Crippen molar-refractivity contribution in [1.29, 1.82) is 0 Å². The number of para-hydroxylation sites is 1. The second kappa shape index (κ2) is 8.49. The first-order valence-corrected chi connectivity index (χ1v) is 10.9. The van der Waals surface area contributed by atoms with Crippen LogP contribution < -0.4 is 4.90 Å². The molecule has 150 valence electrons. The van der Waals surface area contributed by atoms with Crippen LogP contribution in [0.4, 0.5) is 17.1 Å². The third-order valence-electron chi connectivity index (χ3n) is 5.84. The lowest BCUT2D eigenvalue weighted by Crippen LogP contribution is -2.10. The van der Waals surface area contributed by atoms with E-state index in [2.05, 4.69) is 133 Å². The van der Waals surface area contributed by atoms with Crippen LogP contribution in [-0.2, 0) is 6.42 Å². The van der Waals surface area contributed by atoms with E-state index in [1.54, 1.807) is 0 Å². The van der Waals surface area contributed by atoms with Crippen molar-refractivity contribution in [2.75, 3.05) is 4.90 Å². The van der Waals surface area contributed by atoms with E-state index < -0.39 is 0 Å². The molecule has 0 aliphatic carbocycles. The molecule has 5 aromatic carbocycles. The van der Waals surface area contributed by atoms with E-state index in [1.165, 1.54) is 33.2 Å². The van der Waals surface area contributed by atoms with Crippen LogP contribution in [0.1, 0.15) is 12.5 Å². The average molecular weight is 400 g/mol. The molecule has 0 amide bonds. The van der Waals surface area contributed by atoms with Crippen molar-refractivity contribution in [1.82, 2.24) is 0 Å². The number of aryl methyl sites for hydroxylation is 1. The van der Waals surface area contributed by atoms with Crippen molar-refractivity contribution < 1.29 is 0 Å². The Balaban J connectivity index is 1.60. The lowest BCUT2D eigenvalue weighted by Gasteiger charge is -2.27. The minimum absolute atomic E-state index is 1.07. The van der Waals surface area contributed by atoms with Crippen LogP contribution in [-0.4, -0.2) is 0 Å². The van der Waals surface area contributed by atoms with Gasteiger partial charge in [0.25, 0.3) is 0 Å². The summed E-state index contributed by atoms with van der Waals surface area (Å²) < 4.78 is 0. The third-order valence-corrected chi connectivity index (χ3v) is 5.84. The minimum atomic E-state index is 1.07. The number of hydrogen-bond donors (Lipinski definition) is 0. The lowest BCUT2D eigenvalue weighted by molar-refractivity contribution is 1.14. The van der Waals surface area contributed by atoms with Gasteiger partial charge in [0.15, 0.2) is 0 Å². The molecule has 0 saturated carbocycles. The highest BCUT2D eigenvalue weighted by Gasteiger charge is 2.14. The van der Waals surface area contributed by atoms with Crippen molar-refractivity contribution in [2.24, 2.45) is 0 Å². The molecule has 0 aliphatic heterocycles. The van der Waals surface area contributed by atoms with Gasteiger partial charge in [-0.25, -0.2) is 0 Å². The maximum Gasteiger partial charge on any atom is 0.0540 e. The van der Waals surface area contributed by atoms with Crippen LogP contribution in [0.2, 0.25) is 0 Å². The largest absolute Gasteiger partial charge is 0.310 e. The second-order valence-electron chi connectivity index (χ2n) is 7.77. The number of fused-ring (bicyclic) bond motifs is 1. The molecular formula is C30H25N. The van der Waals surface area contributed by atoms with Gasteiger partial charge < -0.3 is 4.90 Å². The summed E-state index contributed by atoms with van der Waals surface area (Å²) in [7, 11) is 0. The Hall–Kier alpha value is -3.84. The molecular weight excluding hydrogens is 374 g/mol. The normalized spacial score (nSPS) is 10.9. The van der Waals surface area contributed by atoms with E-state index >= 15 is 0 Å². The number of benzene rings is 5. The molecule has 0 aromatic heterocycles. The standard InChI is InChI=1S/C30H25N/c1-2-23-15-17-24(18-16-23)25-19-21-28(22-20-25)31(27-11-4-3-5-12-27)30-14-8-10-26-9-6-7-13-29(26)30/h3-22H,2H2,1H3. The molecule has 0 N–H and O–H groups in total. The van der Waals surface area contributed by atoms with Crippen molar-refractivity contribution in [2.45, 2.75) is 13.3 Å². The topological polar surface area (TPSA) is 3.24 Å². The highest BCUT2D eigenvalue weighted by molar-refractivity contribution is 5.98. The summed E-state index contributed by atoms with van der Waals surface area (Å²) in [5.41, 5.74) is 7.34. The SMILES string of the molecule is CCc1ccc(-c2ccc(N(c3ccccc3)c3cccc4ccccc34)cc2)cc1. The first-order valence-electron chi connectivity index (χ1n) is 10.9. The fraction of sp³-hybridized carbons (Fsp3) is 0.0667. The van der Waals surface area contributed by atoms with Crippen LogP contribution in [0, 0.1) is 0 Å². The average Bonchev–Trinajstić information content (AvgIpc) is 2.86. The number of rotatable bonds is 5. The Kier molecular flexibility index (Phi) is 5.24. The van der Waals surface area contributed by atoms with E-state index in [4.69, 9.17) is 0 Å². The molecule has 5 aromatic rings. The third kappa shape index (κ3) is 3.83. The molecule has 5 rings (SSSR count). The predicted octanol–water partition coefficient (Wildman–Crippen LogP) is 8.54. The van der Waals surface area contributed by atoms with Gasteiger partial charge in [-0.15, -0.1) is 0 Å². The summed E-state index contributed by atoms with van der Waals surface area (Å²) in [5.74, 6) is 0. The summed E-state index contributed by atoms with van der Waals surface area (Å²) in [5, 5.41) is 2.49. The van der Waals surface area contributed by atoms with Gasteiger partial charge in [-0.05, 0) is 58.8 Å².